The average molecular weight is 341 g/mol. The van der Waals surface area contributed by atoms with Gasteiger partial charge in [-0.1, -0.05) is 12.6 Å². The van der Waals surface area contributed by atoms with E-state index in [2.05, 4.69) is 11.9 Å². The molecule has 0 aromatic heterocycles. The fraction of sp³-hybridized carbons (Fsp3) is 0.421. The SMILES string of the molecule is C=CC(=O)Nc1cccc(C(=O)N2CCC3(CCCN(C)C3=O)C2)c1. The van der Waals surface area contributed by atoms with E-state index in [1.54, 1.807) is 34.1 Å². The first-order chi connectivity index (χ1) is 11.9. The summed E-state index contributed by atoms with van der Waals surface area (Å²) in [5.74, 6) is -0.269. The molecule has 3 rings (SSSR count). The van der Waals surface area contributed by atoms with Crippen LogP contribution in [0.1, 0.15) is 29.6 Å². The van der Waals surface area contributed by atoms with Gasteiger partial charge in [-0.25, -0.2) is 0 Å². The van der Waals surface area contributed by atoms with Gasteiger partial charge in [0.1, 0.15) is 0 Å². The highest BCUT2D eigenvalue weighted by molar-refractivity contribution is 6.01. The Morgan fingerprint density at radius 2 is 2.08 bits per heavy atom. The summed E-state index contributed by atoms with van der Waals surface area (Å²) in [6.07, 6.45) is 3.72. The van der Waals surface area contributed by atoms with Gasteiger partial charge in [-0.05, 0) is 43.5 Å². The Hall–Kier alpha value is -2.63. The van der Waals surface area contributed by atoms with E-state index in [0.29, 0.717) is 24.3 Å². The first-order valence-electron chi connectivity index (χ1n) is 8.53. The summed E-state index contributed by atoms with van der Waals surface area (Å²) >= 11 is 0. The van der Waals surface area contributed by atoms with Crippen LogP contribution in [0.5, 0.6) is 0 Å². The van der Waals surface area contributed by atoms with Crippen LogP contribution in [0, 0.1) is 5.41 Å². The van der Waals surface area contributed by atoms with Crippen molar-refractivity contribution >= 4 is 23.4 Å². The van der Waals surface area contributed by atoms with Crippen molar-refractivity contribution in [2.75, 3.05) is 32.0 Å². The first-order valence-corrected chi connectivity index (χ1v) is 8.53. The van der Waals surface area contributed by atoms with Crippen LogP contribution >= 0.6 is 0 Å². The van der Waals surface area contributed by atoms with Gasteiger partial charge in [0.05, 0.1) is 5.41 Å². The van der Waals surface area contributed by atoms with Crippen LogP contribution in [0.3, 0.4) is 0 Å². The maximum absolute atomic E-state index is 12.8. The molecule has 0 aliphatic carbocycles. The van der Waals surface area contributed by atoms with E-state index < -0.39 is 5.41 Å². The third-order valence-corrected chi connectivity index (χ3v) is 5.15. The van der Waals surface area contributed by atoms with Gasteiger partial charge in [-0.3, -0.25) is 14.4 Å². The molecule has 1 unspecified atom stereocenters. The van der Waals surface area contributed by atoms with Crippen molar-refractivity contribution < 1.29 is 14.4 Å². The van der Waals surface area contributed by atoms with E-state index in [1.807, 2.05) is 7.05 Å². The molecular formula is C19H23N3O3. The summed E-state index contributed by atoms with van der Waals surface area (Å²) in [6, 6.07) is 6.84. The van der Waals surface area contributed by atoms with Crippen LogP contribution in [-0.4, -0.2) is 54.2 Å². The molecule has 1 atom stereocenters. The molecule has 0 radical (unpaired) electrons. The molecule has 2 saturated heterocycles. The fourth-order valence-corrected chi connectivity index (χ4v) is 3.80. The molecule has 132 valence electrons. The van der Waals surface area contributed by atoms with Crippen LogP contribution in [0.15, 0.2) is 36.9 Å². The molecule has 3 amide bonds. The molecule has 25 heavy (non-hydrogen) atoms. The van der Waals surface area contributed by atoms with Crippen LogP contribution < -0.4 is 5.32 Å². The Morgan fingerprint density at radius 1 is 1.28 bits per heavy atom. The molecule has 2 aliphatic rings. The number of anilines is 1. The van der Waals surface area contributed by atoms with Crippen molar-refractivity contribution in [3.05, 3.63) is 42.5 Å². The van der Waals surface area contributed by atoms with E-state index in [1.165, 1.54) is 6.08 Å². The molecule has 2 aliphatic heterocycles. The maximum atomic E-state index is 12.8. The molecule has 1 aromatic carbocycles. The van der Waals surface area contributed by atoms with Gasteiger partial charge in [0.15, 0.2) is 0 Å². The van der Waals surface area contributed by atoms with Gasteiger partial charge in [-0.15, -0.1) is 0 Å². The normalized spacial score (nSPS) is 23.0. The summed E-state index contributed by atoms with van der Waals surface area (Å²) in [5, 5.41) is 2.66. The van der Waals surface area contributed by atoms with Crippen LogP contribution in [0.25, 0.3) is 0 Å². The van der Waals surface area contributed by atoms with Gasteiger partial charge in [0.2, 0.25) is 11.8 Å². The van der Waals surface area contributed by atoms with Crippen molar-refractivity contribution in [2.24, 2.45) is 5.41 Å². The minimum Gasteiger partial charge on any atom is -0.345 e. The third kappa shape index (κ3) is 3.29. The van der Waals surface area contributed by atoms with Crippen LogP contribution in [0.2, 0.25) is 0 Å². The molecule has 6 heteroatoms. The molecule has 0 saturated carbocycles. The van der Waals surface area contributed by atoms with E-state index >= 15 is 0 Å². The predicted octanol–water partition coefficient (Wildman–Crippen LogP) is 1.90. The number of benzene rings is 1. The molecule has 2 heterocycles. The summed E-state index contributed by atoms with van der Waals surface area (Å²) in [4.78, 5) is 40.4. The van der Waals surface area contributed by atoms with Gasteiger partial charge in [0.25, 0.3) is 5.91 Å². The zero-order chi connectivity index (χ0) is 18.0. The number of hydrogen-bond acceptors (Lipinski definition) is 3. The Kier molecular flexibility index (Phi) is 4.61. The summed E-state index contributed by atoms with van der Waals surface area (Å²) < 4.78 is 0. The molecule has 1 aromatic rings. The summed E-state index contributed by atoms with van der Waals surface area (Å²) in [7, 11) is 1.83. The molecule has 2 fully saturated rings. The second-order valence-electron chi connectivity index (χ2n) is 6.86. The molecule has 1 spiro atoms. The van der Waals surface area contributed by atoms with Crippen molar-refractivity contribution in [1.82, 2.24) is 9.80 Å². The van der Waals surface area contributed by atoms with Crippen LogP contribution in [-0.2, 0) is 9.59 Å². The lowest BCUT2D eigenvalue weighted by Crippen LogP contribution is -2.48. The van der Waals surface area contributed by atoms with Crippen molar-refractivity contribution in [3.8, 4) is 0 Å². The third-order valence-electron chi connectivity index (χ3n) is 5.15. The second-order valence-corrected chi connectivity index (χ2v) is 6.86. The highest BCUT2D eigenvalue weighted by Gasteiger charge is 2.48. The summed E-state index contributed by atoms with van der Waals surface area (Å²) in [5.41, 5.74) is 0.644. The zero-order valence-electron chi connectivity index (χ0n) is 14.5. The zero-order valence-corrected chi connectivity index (χ0v) is 14.5. The Labute approximate surface area is 147 Å². The number of amides is 3. The smallest absolute Gasteiger partial charge is 0.253 e. The number of nitrogens with zero attached hydrogens (tertiary/aromatic N) is 2. The average Bonchev–Trinajstić information content (AvgIpc) is 3.04. The Morgan fingerprint density at radius 3 is 2.84 bits per heavy atom. The highest BCUT2D eigenvalue weighted by atomic mass is 16.2. The lowest BCUT2D eigenvalue weighted by molar-refractivity contribution is -0.143. The predicted molar refractivity (Wildman–Crippen MR) is 95.1 cm³/mol. The second kappa shape index (κ2) is 6.70. The van der Waals surface area contributed by atoms with Crippen LogP contribution in [0.4, 0.5) is 5.69 Å². The molecule has 6 nitrogen and oxygen atoms in total. The number of carbonyl (C=O) groups excluding carboxylic acids is 3. The van der Waals surface area contributed by atoms with Crippen molar-refractivity contribution in [1.29, 1.82) is 0 Å². The van der Waals surface area contributed by atoms with Crippen molar-refractivity contribution in [3.63, 3.8) is 0 Å². The van der Waals surface area contributed by atoms with E-state index in [9.17, 15) is 14.4 Å². The maximum Gasteiger partial charge on any atom is 0.253 e. The number of nitrogens with one attached hydrogen (secondary N) is 1. The number of carbonyl (C=O) groups is 3. The molecular weight excluding hydrogens is 318 g/mol. The van der Waals surface area contributed by atoms with Gasteiger partial charge >= 0.3 is 0 Å². The standard InChI is InChI=1S/C19H23N3O3/c1-3-16(23)20-15-7-4-6-14(12-15)17(24)22-11-9-19(13-22)8-5-10-21(2)18(19)25/h3-4,6-7,12H,1,5,8-11,13H2,2H3,(H,20,23). The van der Waals surface area contributed by atoms with Crippen molar-refractivity contribution in [2.45, 2.75) is 19.3 Å². The van der Waals surface area contributed by atoms with Gasteiger partial charge in [-0.2, -0.15) is 0 Å². The van der Waals surface area contributed by atoms with E-state index in [0.717, 1.165) is 25.8 Å². The first kappa shape index (κ1) is 17.2. The lowest BCUT2D eigenvalue weighted by atomic mass is 9.78. The van der Waals surface area contributed by atoms with E-state index in [-0.39, 0.29) is 17.7 Å². The molecule has 0 bridgehead atoms. The fourth-order valence-electron chi connectivity index (χ4n) is 3.80. The molecule has 1 N–H and O–H groups in total. The summed E-state index contributed by atoms with van der Waals surface area (Å²) in [6.45, 7) is 5.26. The van der Waals surface area contributed by atoms with E-state index in [4.69, 9.17) is 0 Å². The Balaban J connectivity index is 1.74. The van der Waals surface area contributed by atoms with Gasteiger partial charge < -0.3 is 15.1 Å². The number of piperidine rings is 1. The number of rotatable bonds is 3. The number of hydrogen-bond donors (Lipinski definition) is 1. The largest absolute Gasteiger partial charge is 0.345 e. The topological polar surface area (TPSA) is 69.7 Å². The van der Waals surface area contributed by atoms with Gasteiger partial charge in [0, 0.05) is 37.9 Å². The Bertz CT molecular complexity index is 730. The number of likely N-dealkylation sites (tertiary alicyclic amines) is 2. The minimum absolute atomic E-state index is 0.104. The highest BCUT2D eigenvalue weighted by Crippen LogP contribution is 2.40. The minimum atomic E-state index is -0.419. The quantitative estimate of drug-likeness (QED) is 0.854. The lowest BCUT2D eigenvalue weighted by Gasteiger charge is -2.37. The monoisotopic (exact) mass is 341 g/mol.